The third-order valence-corrected chi connectivity index (χ3v) is 5.38. The van der Waals surface area contributed by atoms with Crippen molar-refractivity contribution in [3.63, 3.8) is 0 Å². The molecule has 0 aliphatic carbocycles. The molecule has 0 saturated carbocycles. The highest BCUT2D eigenvalue weighted by Crippen LogP contribution is 2.26. The highest BCUT2D eigenvalue weighted by Gasteiger charge is 2.23. The number of halogens is 1. The van der Waals surface area contributed by atoms with Crippen molar-refractivity contribution >= 4 is 26.0 Å². The number of nitrogens with one attached hydrogen (secondary N) is 1. The van der Waals surface area contributed by atoms with E-state index >= 15 is 0 Å². The Kier molecular flexibility index (Phi) is 5.02. The van der Waals surface area contributed by atoms with Gasteiger partial charge in [0.2, 0.25) is 10.0 Å². The van der Waals surface area contributed by atoms with Gasteiger partial charge in [-0.2, -0.15) is 0 Å². The number of furan rings is 1. The van der Waals surface area contributed by atoms with E-state index in [1.54, 1.807) is 0 Å². The van der Waals surface area contributed by atoms with Crippen LogP contribution >= 0.6 is 15.9 Å². The van der Waals surface area contributed by atoms with E-state index in [1.165, 1.54) is 6.07 Å². The molecule has 1 aromatic rings. The second-order valence-electron chi connectivity index (χ2n) is 4.47. The summed E-state index contributed by atoms with van der Waals surface area (Å²) in [5.74, 6) is 0.867. The van der Waals surface area contributed by atoms with E-state index in [0.717, 1.165) is 19.4 Å². The molecule has 0 amide bonds. The molecule has 3 N–H and O–H groups in total. The van der Waals surface area contributed by atoms with Crippen LogP contribution in [0.15, 0.2) is 20.0 Å². The van der Waals surface area contributed by atoms with Crippen LogP contribution in [0.2, 0.25) is 0 Å². The van der Waals surface area contributed by atoms with E-state index in [1.807, 2.05) is 0 Å². The maximum atomic E-state index is 12.1. The Morgan fingerprint density at radius 3 is 2.89 bits per heavy atom. The first-order valence-corrected chi connectivity index (χ1v) is 8.36. The number of hydrogen-bond acceptors (Lipinski definition) is 5. The Balaban J connectivity index is 1.95. The summed E-state index contributed by atoms with van der Waals surface area (Å²) in [6.45, 7) is 2.04. The van der Waals surface area contributed by atoms with Gasteiger partial charge < -0.3 is 14.9 Å². The van der Waals surface area contributed by atoms with E-state index < -0.39 is 10.0 Å². The van der Waals surface area contributed by atoms with Crippen LogP contribution in [-0.2, 0) is 21.3 Å². The number of sulfonamides is 1. The monoisotopic (exact) mass is 352 g/mol. The molecule has 0 bridgehead atoms. The predicted octanol–water partition coefficient (Wildman–Crippen LogP) is 1.21. The molecule has 0 aromatic carbocycles. The smallest absolute Gasteiger partial charge is 0.244 e. The lowest BCUT2D eigenvalue weighted by atomic mass is 10.1. The summed E-state index contributed by atoms with van der Waals surface area (Å²) in [6.07, 6.45) is 1.77. The fourth-order valence-corrected chi connectivity index (χ4v) is 4.01. The topological polar surface area (TPSA) is 94.6 Å². The van der Waals surface area contributed by atoms with Crippen molar-refractivity contribution in [2.75, 3.05) is 19.8 Å². The van der Waals surface area contributed by atoms with Gasteiger partial charge in [0.25, 0.3) is 0 Å². The molecule has 19 heavy (non-hydrogen) atoms. The van der Waals surface area contributed by atoms with Crippen molar-refractivity contribution in [2.45, 2.75) is 24.3 Å². The van der Waals surface area contributed by atoms with Crippen LogP contribution in [0.4, 0.5) is 0 Å². The number of nitrogens with two attached hydrogens (primary N) is 1. The first-order valence-electron chi connectivity index (χ1n) is 6.08. The predicted molar refractivity (Wildman–Crippen MR) is 73.0 cm³/mol. The molecule has 2 rings (SSSR count). The van der Waals surface area contributed by atoms with Crippen molar-refractivity contribution in [1.82, 2.24) is 4.72 Å². The van der Waals surface area contributed by atoms with Crippen molar-refractivity contribution in [3.8, 4) is 0 Å². The Hall–Kier alpha value is -0.410. The summed E-state index contributed by atoms with van der Waals surface area (Å²) < 4.78 is 37.3. The van der Waals surface area contributed by atoms with Crippen LogP contribution in [0, 0.1) is 5.92 Å². The SMILES string of the molecule is NCc1cc(S(=O)(=O)NCCC2CCOC2)c(Br)o1. The number of ether oxygens (including phenoxy) is 1. The van der Waals surface area contributed by atoms with Crippen LogP contribution in [0.25, 0.3) is 0 Å². The largest absolute Gasteiger partial charge is 0.452 e. The summed E-state index contributed by atoms with van der Waals surface area (Å²) in [4.78, 5) is 0.0932. The molecule has 0 spiro atoms. The third kappa shape index (κ3) is 3.79. The normalized spacial score (nSPS) is 20.0. The van der Waals surface area contributed by atoms with Crippen LogP contribution in [0.1, 0.15) is 18.6 Å². The molecule has 0 radical (unpaired) electrons. The zero-order valence-corrected chi connectivity index (χ0v) is 12.8. The van der Waals surface area contributed by atoms with Gasteiger partial charge in [-0.05, 0) is 34.7 Å². The van der Waals surface area contributed by atoms with Gasteiger partial charge in [-0.25, -0.2) is 13.1 Å². The minimum Gasteiger partial charge on any atom is -0.452 e. The van der Waals surface area contributed by atoms with Gasteiger partial charge >= 0.3 is 0 Å². The Morgan fingerprint density at radius 2 is 2.32 bits per heavy atom. The van der Waals surface area contributed by atoms with E-state index in [4.69, 9.17) is 14.9 Å². The maximum absolute atomic E-state index is 12.1. The highest BCUT2D eigenvalue weighted by atomic mass is 79.9. The molecule has 8 heteroatoms. The van der Waals surface area contributed by atoms with Crippen molar-refractivity contribution in [2.24, 2.45) is 11.7 Å². The van der Waals surface area contributed by atoms with Crippen molar-refractivity contribution < 1.29 is 17.6 Å². The standard InChI is InChI=1S/C11H17BrN2O4S/c12-11-10(5-9(6-13)18-11)19(15,16)14-3-1-8-2-4-17-7-8/h5,8,14H,1-4,6-7,13H2. The molecule has 6 nitrogen and oxygen atoms in total. The van der Waals surface area contributed by atoms with Gasteiger partial charge in [0, 0.05) is 25.8 Å². The summed E-state index contributed by atoms with van der Waals surface area (Å²) >= 11 is 3.09. The second-order valence-corrected chi connectivity index (χ2v) is 6.93. The zero-order chi connectivity index (χ0) is 13.9. The van der Waals surface area contributed by atoms with Gasteiger partial charge in [-0.15, -0.1) is 0 Å². The number of rotatable bonds is 6. The minimum atomic E-state index is -3.56. The quantitative estimate of drug-likeness (QED) is 0.802. The van der Waals surface area contributed by atoms with Gasteiger partial charge in [0.15, 0.2) is 4.67 Å². The fraction of sp³-hybridized carbons (Fsp3) is 0.636. The second kappa shape index (κ2) is 6.36. The molecule has 1 aliphatic heterocycles. The van der Waals surface area contributed by atoms with E-state index in [2.05, 4.69) is 20.7 Å². The molecule has 1 atom stereocenters. The highest BCUT2D eigenvalue weighted by molar-refractivity contribution is 9.10. The summed E-state index contributed by atoms with van der Waals surface area (Å²) in [5, 5.41) is 0. The first kappa shape index (κ1) is 15.0. The van der Waals surface area contributed by atoms with E-state index in [-0.39, 0.29) is 16.1 Å². The van der Waals surface area contributed by atoms with Gasteiger partial charge in [-0.3, -0.25) is 0 Å². The lowest BCUT2D eigenvalue weighted by Crippen LogP contribution is -2.26. The van der Waals surface area contributed by atoms with E-state index in [9.17, 15) is 8.42 Å². The summed E-state index contributed by atoms with van der Waals surface area (Å²) in [6, 6.07) is 1.44. The average molecular weight is 353 g/mol. The van der Waals surface area contributed by atoms with E-state index in [0.29, 0.717) is 24.8 Å². The lowest BCUT2D eigenvalue weighted by Gasteiger charge is -2.08. The van der Waals surface area contributed by atoms with Crippen molar-refractivity contribution in [1.29, 1.82) is 0 Å². The molecule has 1 aliphatic rings. The molecule has 1 aromatic heterocycles. The molecule has 1 fully saturated rings. The summed E-state index contributed by atoms with van der Waals surface area (Å²) in [5.41, 5.74) is 5.41. The van der Waals surface area contributed by atoms with Crippen LogP contribution in [-0.4, -0.2) is 28.2 Å². The van der Waals surface area contributed by atoms with Crippen molar-refractivity contribution in [3.05, 3.63) is 16.5 Å². The molecule has 2 heterocycles. The van der Waals surface area contributed by atoms with Crippen LogP contribution in [0.5, 0.6) is 0 Å². The van der Waals surface area contributed by atoms with Crippen LogP contribution < -0.4 is 10.5 Å². The lowest BCUT2D eigenvalue weighted by molar-refractivity contribution is 0.184. The third-order valence-electron chi connectivity index (χ3n) is 3.07. The van der Waals surface area contributed by atoms with Gasteiger partial charge in [-0.1, -0.05) is 0 Å². The van der Waals surface area contributed by atoms with Crippen LogP contribution in [0.3, 0.4) is 0 Å². The Bertz CT molecular complexity index is 523. The maximum Gasteiger partial charge on any atom is 0.244 e. The fourth-order valence-electron chi connectivity index (χ4n) is 1.97. The molecule has 1 unspecified atom stereocenters. The Labute approximate surface area is 120 Å². The first-order chi connectivity index (χ1) is 9.03. The molecule has 1 saturated heterocycles. The summed E-state index contributed by atoms with van der Waals surface area (Å²) in [7, 11) is -3.56. The van der Waals surface area contributed by atoms with Gasteiger partial charge in [0.05, 0.1) is 6.54 Å². The number of hydrogen-bond donors (Lipinski definition) is 2. The Morgan fingerprint density at radius 1 is 1.53 bits per heavy atom. The average Bonchev–Trinajstić information content (AvgIpc) is 2.98. The molecular weight excluding hydrogens is 336 g/mol. The molecular formula is C11H17BrN2O4S. The van der Waals surface area contributed by atoms with Gasteiger partial charge in [0.1, 0.15) is 10.7 Å². The zero-order valence-electron chi connectivity index (χ0n) is 10.4. The molecule has 108 valence electrons. The minimum absolute atomic E-state index is 0.0932.